The van der Waals surface area contributed by atoms with E-state index in [4.69, 9.17) is 9.73 Å². The number of ether oxygens (including phenoxy) is 1. The molecule has 0 bridgehead atoms. The van der Waals surface area contributed by atoms with Crippen LogP contribution < -0.4 is 9.64 Å². The van der Waals surface area contributed by atoms with E-state index >= 15 is 0 Å². The predicted octanol–water partition coefficient (Wildman–Crippen LogP) is 4.07. The normalized spacial score (nSPS) is 21.0. The minimum Gasteiger partial charge on any atom is -0.457 e. The molecule has 3 aliphatic heterocycles. The van der Waals surface area contributed by atoms with Gasteiger partial charge in [0.05, 0.1) is 6.54 Å². The van der Waals surface area contributed by atoms with Gasteiger partial charge in [0, 0.05) is 25.8 Å². The van der Waals surface area contributed by atoms with Crippen molar-refractivity contribution >= 4 is 23.6 Å². The van der Waals surface area contributed by atoms with Gasteiger partial charge in [-0.05, 0) is 48.9 Å². The summed E-state index contributed by atoms with van der Waals surface area (Å²) >= 11 is 0. The molecule has 36 heavy (non-hydrogen) atoms. The van der Waals surface area contributed by atoms with Crippen LogP contribution in [0.2, 0.25) is 0 Å². The first kappa shape index (κ1) is 22.2. The number of carbonyl (C=O) groups excluding carboxylic acids is 2. The van der Waals surface area contributed by atoms with Crippen LogP contribution in [-0.2, 0) is 11.3 Å². The number of aliphatic imine (C=N–C) groups is 1. The zero-order valence-corrected chi connectivity index (χ0v) is 20.2. The monoisotopic (exact) mass is 481 g/mol. The lowest BCUT2D eigenvalue weighted by Gasteiger charge is -2.40. The summed E-state index contributed by atoms with van der Waals surface area (Å²) in [5.74, 6) is 2.06. The number of imide groups is 1. The van der Waals surface area contributed by atoms with Gasteiger partial charge in [-0.3, -0.25) is 9.69 Å². The molecule has 8 heteroatoms. The number of rotatable bonds is 5. The fourth-order valence-electron chi connectivity index (χ4n) is 5.02. The van der Waals surface area contributed by atoms with E-state index in [1.807, 2.05) is 90.7 Å². The van der Waals surface area contributed by atoms with Crippen LogP contribution in [0.25, 0.3) is 0 Å². The minimum atomic E-state index is -0.530. The zero-order valence-electron chi connectivity index (χ0n) is 20.2. The number of hydrogen-bond acceptors (Lipinski definition) is 6. The van der Waals surface area contributed by atoms with E-state index in [-0.39, 0.29) is 18.5 Å². The molecule has 3 amide bonds. The average molecular weight is 482 g/mol. The molecular weight excluding hydrogens is 454 g/mol. The number of para-hydroxylation sites is 1. The number of hydrogen-bond donors (Lipinski definition) is 0. The molecule has 2 atom stereocenters. The number of likely N-dealkylation sites (N-methyl/N-ethyl adjacent to an activating group) is 1. The van der Waals surface area contributed by atoms with Gasteiger partial charge in [-0.1, -0.05) is 48.0 Å². The Morgan fingerprint density at radius 3 is 2.31 bits per heavy atom. The van der Waals surface area contributed by atoms with E-state index in [9.17, 15) is 9.59 Å². The highest BCUT2D eigenvalue weighted by Crippen LogP contribution is 2.34. The first-order valence-corrected chi connectivity index (χ1v) is 12.1. The molecule has 0 aromatic heterocycles. The van der Waals surface area contributed by atoms with Gasteiger partial charge in [0.15, 0.2) is 12.2 Å². The topological polar surface area (TPSA) is 68.7 Å². The maximum Gasteiger partial charge on any atom is 0.328 e. The largest absolute Gasteiger partial charge is 0.457 e. The molecule has 0 saturated carbocycles. The summed E-state index contributed by atoms with van der Waals surface area (Å²) in [6, 6.07) is 24.6. The van der Waals surface area contributed by atoms with E-state index in [0.29, 0.717) is 13.1 Å². The second kappa shape index (κ2) is 8.71. The Kier molecular flexibility index (Phi) is 5.36. The van der Waals surface area contributed by atoms with Crippen molar-refractivity contribution in [3.8, 4) is 11.5 Å². The number of fused-ring (bicyclic) bond motifs is 3. The van der Waals surface area contributed by atoms with Crippen molar-refractivity contribution < 1.29 is 14.3 Å². The summed E-state index contributed by atoms with van der Waals surface area (Å²) in [5, 5.41) is 0. The van der Waals surface area contributed by atoms with Crippen molar-refractivity contribution in [2.75, 3.05) is 25.0 Å². The molecule has 0 aliphatic carbocycles. The number of carbonyl (C=O) groups is 2. The van der Waals surface area contributed by atoms with E-state index in [1.54, 1.807) is 11.9 Å². The molecule has 2 fully saturated rings. The smallest absolute Gasteiger partial charge is 0.328 e. The number of amides is 3. The molecule has 0 radical (unpaired) electrons. The van der Waals surface area contributed by atoms with Crippen LogP contribution in [0, 0.1) is 6.92 Å². The standard InChI is InChI=1S/C28H27N5O3/c1-19-8-10-20(11-9-19)18-33-26(34)24-25(30(2)28(33)35)29-27-31(16-17-32(24)27)21-12-14-23(15-13-21)36-22-6-4-3-5-7-22/h3-15,24-25H,16-18H2,1-2H3. The Bertz CT molecular complexity index is 1320. The first-order chi connectivity index (χ1) is 17.5. The van der Waals surface area contributed by atoms with E-state index in [1.165, 1.54) is 4.90 Å². The number of anilines is 1. The molecule has 3 aliphatic rings. The summed E-state index contributed by atoms with van der Waals surface area (Å²) in [7, 11) is 1.72. The second-order valence-electron chi connectivity index (χ2n) is 9.35. The lowest BCUT2D eigenvalue weighted by Crippen LogP contribution is -2.64. The number of guanidine groups is 1. The van der Waals surface area contributed by atoms with Gasteiger partial charge in [-0.2, -0.15) is 0 Å². The highest BCUT2D eigenvalue weighted by atomic mass is 16.5. The lowest BCUT2D eigenvalue weighted by atomic mass is 10.1. The van der Waals surface area contributed by atoms with E-state index in [2.05, 4.69) is 4.90 Å². The quantitative estimate of drug-likeness (QED) is 0.550. The highest BCUT2D eigenvalue weighted by Gasteiger charge is 2.54. The number of urea groups is 1. The van der Waals surface area contributed by atoms with Crippen LogP contribution in [0.1, 0.15) is 11.1 Å². The van der Waals surface area contributed by atoms with E-state index < -0.39 is 12.2 Å². The Labute approximate surface area is 210 Å². The van der Waals surface area contributed by atoms with Crippen LogP contribution in [0.5, 0.6) is 11.5 Å². The van der Waals surface area contributed by atoms with Crippen molar-refractivity contribution in [3.05, 3.63) is 90.0 Å². The number of nitrogens with zero attached hydrogens (tertiary/aromatic N) is 5. The van der Waals surface area contributed by atoms with Gasteiger partial charge in [-0.25, -0.2) is 9.79 Å². The van der Waals surface area contributed by atoms with Crippen molar-refractivity contribution in [3.63, 3.8) is 0 Å². The third kappa shape index (κ3) is 3.75. The van der Waals surface area contributed by atoms with Crippen LogP contribution in [0.3, 0.4) is 0 Å². The molecule has 182 valence electrons. The van der Waals surface area contributed by atoms with Crippen LogP contribution in [0.15, 0.2) is 83.9 Å². The van der Waals surface area contributed by atoms with Crippen molar-refractivity contribution in [1.29, 1.82) is 0 Å². The van der Waals surface area contributed by atoms with Gasteiger partial charge in [0.1, 0.15) is 11.5 Å². The summed E-state index contributed by atoms with van der Waals surface area (Å²) in [6.45, 7) is 3.64. The highest BCUT2D eigenvalue weighted by molar-refractivity contribution is 6.08. The molecule has 3 aromatic rings. The Balaban J connectivity index is 1.21. The Morgan fingerprint density at radius 2 is 1.58 bits per heavy atom. The third-order valence-electron chi connectivity index (χ3n) is 6.97. The summed E-state index contributed by atoms with van der Waals surface area (Å²) in [5.41, 5.74) is 3.03. The fourth-order valence-corrected chi connectivity index (χ4v) is 5.02. The molecule has 0 N–H and O–H groups in total. The van der Waals surface area contributed by atoms with Crippen molar-refractivity contribution in [1.82, 2.24) is 14.7 Å². The molecule has 2 saturated heterocycles. The van der Waals surface area contributed by atoms with Crippen LogP contribution in [-0.4, -0.2) is 64.9 Å². The molecule has 3 aromatic carbocycles. The summed E-state index contributed by atoms with van der Waals surface area (Å²) in [4.78, 5) is 38.6. The van der Waals surface area contributed by atoms with Crippen molar-refractivity contribution in [2.24, 2.45) is 4.99 Å². The maximum absolute atomic E-state index is 13.6. The summed E-state index contributed by atoms with van der Waals surface area (Å²) < 4.78 is 5.91. The fraction of sp³-hybridized carbons (Fsp3) is 0.250. The average Bonchev–Trinajstić information content (AvgIpc) is 3.47. The zero-order chi connectivity index (χ0) is 24.8. The molecular formula is C28H27N5O3. The Hall–Kier alpha value is -4.33. The van der Waals surface area contributed by atoms with Crippen LogP contribution in [0.4, 0.5) is 10.5 Å². The molecule has 2 unspecified atom stereocenters. The molecule has 6 rings (SSSR count). The SMILES string of the molecule is Cc1ccc(CN2C(=O)C3C(N=C4N(c5ccc(Oc6ccccc6)cc5)CCN43)N(C)C2=O)cc1. The molecule has 3 heterocycles. The Morgan fingerprint density at radius 1 is 0.889 bits per heavy atom. The van der Waals surface area contributed by atoms with Crippen molar-refractivity contribution in [2.45, 2.75) is 25.7 Å². The maximum atomic E-state index is 13.6. The van der Waals surface area contributed by atoms with E-state index in [0.717, 1.165) is 34.3 Å². The van der Waals surface area contributed by atoms with Gasteiger partial charge in [0.25, 0.3) is 5.91 Å². The molecule has 8 nitrogen and oxygen atoms in total. The van der Waals surface area contributed by atoms with Crippen LogP contribution >= 0.6 is 0 Å². The number of benzene rings is 3. The van der Waals surface area contributed by atoms with Gasteiger partial charge in [0.2, 0.25) is 5.96 Å². The second-order valence-corrected chi connectivity index (χ2v) is 9.35. The minimum absolute atomic E-state index is 0.198. The van der Waals surface area contributed by atoms with Gasteiger partial charge in [-0.15, -0.1) is 0 Å². The predicted molar refractivity (Wildman–Crippen MR) is 137 cm³/mol. The summed E-state index contributed by atoms with van der Waals surface area (Å²) in [6.07, 6.45) is -0.530. The molecule has 0 spiro atoms. The number of aryl methyl sites for hydroxylation is 1. The van der Waals surface area contributed by atoms with Gasteiger partial charge < -0.3 is 19.4 Å². The third-order valence-corrected chi connectivity index (χ3v) is 6.97. The first-order valence-electron chi connectivity index (χ1n) is 12.1. The lowest BCUT2D eigenvalue weighted by molar-refractivity contribution is -0.137. The van der Waals surface area contributed by atoms with Gasteiger partial charge >= 0.3 is 6.03 Å².